The first-order chi connectivity index (χ1) is 17.6. The van der Waals surface area contributed by atoms with Gasteiger partial charge >= 0.3 is 0 Å². The second-order valence-corrected chi connectivity index (χ2v) is 8.23. The van der Waals surface area contributed by atoms with Gasteiger partial charge in [-0.1, -0.05) is 30.3 Å². The fraction of sp³-hybridized carbons (Fsp3) is 0.174. The number of aromatic nitrogens is 4. The number of piperazine rings is 1. The number of Topliss-reactive ketones (excluding diaryl/α,β-unsaturated/α-hetero) is 1. The number of anilines is 2. The Morgan fingerprint density at radius 2 is 1.83 bits per heavy atom. The van der Waals surface area contributed by atoms with Gasteiger partial charge in [0, 0.05) is 50.3 Å². The Labute approximate surface area is 203 Å². The lowest BCUT2D eigenvalue weighted by molar-refractivity contribution is -0.126. The number of rotatable bonds is 5. The van der Waals surface area contributed by atoms with Gasteiger partial charge in [0.25, 0.3) is 11.7 Å². The number of aromatic amines is 1. The lowest BCUT2D eigenvalue weighted by Gasteiger charge is -2.34. The van der Waals surface area contributed by atoms with Crippen LogP contribution < -0.4 is 20.9 Å². The minimum Gasteiger partial charge on any atom is -0.357 e. The molecule has 36 heavy (non-hydrogen) atoms. The normalized spacial score (nSPS) is 15.5. The summed E-state index contributed by atoms with van der Waals surface area (Å²) in [5.74, 6) is -1.25. The van der Waals surface area contributed by atoms with E-state index in [4.69, 9.17) is 4.63 Å². The lowest BCUT2D eigenvalue weighted by atomic mass is 10.1. The number of pyridine rings is 1. The number of benzene rings is 1. The maximum absolute atomic E-state index is 14.7. The Morgan fingerprint density at radius 3 is 2.58 bits per heavy atom. The van der Waals surface area contributed by atoms with Crippen LogP contribution >= 0.6 is 0 Å². The molecule has 2 aliphatic heterocycles. The molecular formula is C23H20FN9O3. The molecule has 13 heteroatoms. The quantitative estimate of drug-likeness (QED) is 0.280. The topological polar surface area (TPSA) is 136 Å². The van der Waals surface area contributed by atoms with Gasteiger partial charge in [0.1, 0.15) is 0 Å². The molecule has 1 fully saturated rings. The van der Waals surface area contributed by atoms with Crippen molar-refractivity contribution >= 4 is 34.2 Å². The summed E-state index contributed by atoms with van der Waals surface area (Å²) in [4.78, 5) is 36.6. The Kier molecular flexibility index (Phi) is 5.30. The third-order valence-electron chi connectivity index (χ3n) is 6.19. The number of ketones is 1. The van der Waals surface area contributed by atoms with Gasteiger partial charge in [-0.3, -0.25) is 9.59 Å². The third kappa shape index (κ3) is 3.62. The van der Waals surface area contributed by atoms with Crippen LogP contribution in [0.4, 0.5) is 16.0 Å². The van der Waals surface area contributed by atoms with Crippen molar-refractivity contribution in [1.82, 2.24) is 36.1 Å². The number of hydrogen-bond acceptors (Lipinski definition) is 10. The first-order valence-electron chi connectivity index (χ1n) is 11.2. The highest BCUT2D eigenvalue weighted by molar-refractivity contribution is 6.45. The number of hydrazine groups is 2. The molecule has 1 amide bonds. The molecule has 0 unspecified atom stereocenters. The fourth-order valence-electron chi connectivity index (χ4n) is 4.39. The zero-order chi connectivity index (χ0) is 24.6. The number of carbonyl (C=O) groups excluding carboxylic acids is 2. The number of nitrogens with zero attached hydrogens (tertiary/aromatic N) is 6. The largest absolute Gasteiger partial charge is 0.357 e. The van der Waals surface area contributed by atoms with Crippen molar-refractivity contribution in [3.05, 3.63) is 66.5 Å². The average molecular weight is 489 g/mol. The number of H-pyrrole nitrogens is 1. The highest BCUT2D eigenvalue weighted by Gasteiger charge is 2.32. The molecule has 0 saturated carbocycles. The molecule has 6 rings (SSSR count). The average Bonchev–Trinajstić information content (AvgIpc) is 3.70. The lowest BCUT2D eigenvalue weighted by Crippen LogP contribution is -2.50. The molecule has 182 valence electrons. The van der Waals surface area contributed by atoms with Gasteiger partial charge in [0.05, 0.1) is 22.7 Å². The molecule has 0 bridgehead atoms. The number of fused-ring (bicyclic) bond motifs is 1. The van der Waals surface area contributed by atoms with E-state index in [1.165, 1.54) is 16.1 Å². The summed E-state index contributed by atoms with van der Waals surface area (Å²) in [7, 11) is 0. The van der Waals surface area contributed by atoms with Crippen LogP contribution in [0.3, 0.4) is 0 Å². The Morgan fingerprint density at radius 1 is 1.03 bits per heavy atom. The zero-order valence-corrected chi connectivity index (χ0v) is 18.8. The van der Waals surface area contributed by atoms with Gasteiger partial charge in [0.15, 0.2) is 17.3 Å². The van der Waals surface area contributed by atoms with E-state index in [1.54, 1.807) is 12.4 Å². The molecular weight excluding hydrogens is 469 g/mol. The van der Waals surface area contributed by atoms with Crippen LogP contribution in [0, 0.1) is 5.82 Å². The van der Waals surface area contributed by atoms with E-state index in [9.17, 15) is 14.0 Å². The summed E-state index contributed by atoms with van der Waals surface area (Å²) < 4.78 is 19.7. The van der Waals surface area contributed by atoms with Crippen LogP contribution in [0.1, 0.15) is 10.4 Å². The van der Waals surface area contributed by atoms with E-state index >= 15 is 0 Å². The number of amides is 1. The maximum atomic E-state index is 14.7. The van der Waals surface area contributed by atoms with Crippen molar-refractivity contribution in [2.75, 3.05) is 36.1 Å². The van der Waals surface area contributed by atoms with Crippen molar-refractivity contribution in [2.45, 2.75) is 0 Å². The molecule has 4 aromatic rings. The monoisotopic (exact) mass is 489 g/mol. The highest BCUT2D eigenvalue weighted by atomic mass is 19.1. The van der Waals surface area contributed by atoms with E-state index in [-0.39, 0.29) is 24.0 Å². The van der Waals surface area contributed by atoms with Gasteiger partial charge in [-0.05, 0) is 10.3 Å². The van der Waals surface area contributed by atoms with Crippen molar-refractivity contribution in [1.29, 1.82) is 0 Å². The summed E-state index contributed by atoms with van der Waals surface area (Å²) in [6, 6.07) is 9.53. The fourth-order valence-corrected chi connectivity index (χ4v) is 4.39. The number of hydrogen-bond donors (Lipinski definition) is 3. The summed E-state index contributed by atoms with van der Waals surface area (Å²) in [6.07, 6.45) is 5.65. The van der Waals surface area contributed by atoms with Gasteiger partial charge in [-0.25, -0.2) is 19.0 Å². The maximum Gasteiger partial charge on any atom is 0.295 e. The van der Waals surface area contributed by atoms with Crippen molar-refractivity contribution in [2.24, 2.45) is 0 Å². The van der Waals surface area contributed by atoms with Crippen LogP contribution in [0.15, 0.2) is 59.8 Å². The third-order valence-corrected chi connectivity index (χ3v) is 6.19. The first-order valence-corrected chi connectivity index (χ1v) is 11.2. The summed E-state index contributed by atoms with van der Waals surface area (Å²) in [5, 5.41) is 9.61. The summed E-state index contributed by atoms with van der Waals surface area (Å²) >= 11 is 0. The van der Waals surface area contributed by atoms with Gasteiger partial charge in [0.2, 0.25) is 5.82 Å². The number of halogens is 1. The van der Waals surface area contributed by atoms with Crippen LogP contribution in [0.5, 0.6) is 0 Å². The van der Waals surface area contributed by atoms with Crippen molar-refractivity contribution in [3.63, 3.8) is 0 Å². The molecule has 12 nitrogen and oxygen atoms in total. The Bertz CT molecular complexity index is 1470. The van der Waals surface area contributed by atoms with E-state index < -0.39 is 17.5 Å². The van der Waals surface area contributed by atoms with Crippen LogP contribution in [-0.2, 0) is 4.79 Å². The van der Waals surface area contributed by atoms with E-state index in [1.807, 2.05) is 35.2 Å². The number of nitrogens with one attached hydrogen (secondary N) is 3. The molecule has 0 aliphatic carbocycles. The molecule has 2 aliphatic rings. The molecule has 3 N–H and O–H groups in total. The minimum atomic E-state index is -0.790. The van der Waals surface area contributed by atoms with Gasteiger partial charge in [-0.15, -0.1) is 5.53 Å². The van der Waals surface area contributed by atoms with Crippen molar-refractivity contribution < 1.29 is 18.6 Å². The summed E-state index contributed by atoms with van der Waals surface area (Å²) in [6.45, 7) is 1.45. The van der Waals surface area contributed by atoms with Crippen molar-refractivity contribution in [3.8, 4) is 11.3 Å². The second kappa shape index (κ2) is 8.78. The molecule has 1 aromatic carbocycles. The van der Waals surface area contributed by atoms with Crippen LogP contribution in [0.2, 0.25) is 0 Å². The standard InChI is InChI=1S/C23H20FN9O3/c24-16-13-26-21(33-7-6-27-30-33)19-17(16)15(12-25-19)20(34)23(35)32-10-8-31(9-11-32)22-18(28-36-29-22)14-4-2-1-3-5-14/h1-7,12-13,25,27,30H,8-11H2. The van der Waals surface area contributed by atoms with Crippen LogP contribution in [0.25, 0.3) is 22.2 Å². The SMILES string of the molecule is O=C(C(=O)N1CCN(c2nonc2-c2ccccc2)CC1)c1c[nH]c2c(N3C=CNN3)ncc(F)c12. The molecule has 0 atom stereocenters. The van der Waals surface area contributed by atoms with E-state index in [0.717, 1.165) is 11.8 Å². The predicted molar refractivity (Wildman–Crippen MR) is 127 cm³/mol. The molecule has 5 heterocycles. The minimum absolute atomic E-state index is 0.0141. The number of carbonyl (C=O) groups is 2. The summed E-state index contributed by atoms with van der Waals surface area (Å²) in [5.41, 5.74) is 7.32. The Hall–Kier alpha value is -4.78. The molecule has 3 aromatic heterocycles. The molecule has 0 radical (unpaired) electrons. The Balaban J connectivity index is 1.19. The van der Waals surface area contributed by atoms with Gasteiger partial charge in [-0.2, -0.15) is 0 Å². The highest BCUT2D eigenvalue weighted by Crippen LogP contribution is 2.30. The smallest absolute Gasteiger partial charge is 0.295 e. The molecule has 1 saturated heterocycles. The first kappa shape index (κ1) is 21.7. The zero-order valence-electron chi connectivity index (χ0n) is 18.8. The molecule has 0 spiro atoms. The van der Waals surface area contributed by atoms with E-state index in [0.29, 0.717) is 35.9 Å². The van der Waals surface area contributed by atoms with Gasteiger partial charge < -0.3 is 20.2 Å². The van der Waals surface area contributed by atoms with Crippen LogP contribution in [-0.4, -0.2) is 63.1 Å². The van der Waals surface area contributed by atoms with E-state index in [2.05, 4.69) is 31.2 Å². The predicted octanol–water partition coefficient (Wildman–Crippen LogP) is 1.58. The second-order valence-electron chi connectivity index (χ2n) is 8.23.